The molecule has 0 radical (unpaired) electrons. The zero-order chi connectivity index (χ0) is 19.2. The lowest BCUT2D eigenvalue weighted by molar-refractivity contribution is -0.120. The van der Waals surface area contributed by atoms with Crippen LogP contribution in [0.2, 0.25) is 0 Å². The molecule has 1 aromatic carbocycles. The summed E-state index contributed by atoms with van der Waals surface area (Å²) in [5, 5.41) is 2.87. The lowest BCUT2D eigenvalue weighted by Crippen LogP contribution is -2.42. The second-order valence-electron chi connectivity index (χ2n) is 6.68. The standard InChI is InChI=1S/C18H29N3O4S/c1-15-4-5-16(2)17(14-15)21(26(3,23)24)8-6-18(22)19-7-9-20-10-12-25-13-11-20/h4-5,14H,6-13H2,1-3H3,(H,19,22). The van der Waals surface area contributed by atoms with E-state index in [1.807, 2.05) is 32.0 Å². The zero-order valence-corrected chi connectivity index (χ0v) is 16.6. The van der Waals surface area contributed by atoms with Crippen molar-refractivity contribution in [3.8, 4) is 0 Å². The first-order chi connectivity index (χ1) is 12.3. The Hall–Kier alpha value is -1.64. The van der Waals surface area contributed by atoms with E-state index in [4.69, 9.17) is 4.74 Å². The van der Waals surface area contributed by atoms with E-state index in [2.05, 4.69) is 10.2 Å². The number of anilines is 1. The number of carbonyl (C=O) groups is 1. The first kappa shape index (κ1) is 20.7. The van der Waals surface area contributed by atoms with Gasteiger partial charge in [0.15, 0.2) is 0 Å². The highest BCUT2D eigenvalue weighted by Crippen LogP contribution is 2.24. The van der Waals surface area contributed by atoms with Crippen molar-refractivity contribution in [1.82, 2.24) is 10.2 Å². The third kappa shape index (κ3) is 6.26. The number of benzene rings is 1. The maximum atomic E-state index is 12.2. The molecule has 146 valence electrons. The largest absolute Gasteiger partial charge is 0.379 e. The van der Waals surface area contributed by atoms with Crippen LogP contribution in [-0.2, 0) is 19.6 Å². The maximum absolute atomic E-state index is 12.2. The van der Waals surface area contributed by atoms with Crippen LogP contribution in [0.3, 0.4) is 0 Å². The topological polar surface area (TPSA) is 79.0 Å². The Balaban J connectivity index is 1.88. The molecule has 0 saturated carbocycles. The van der Waals surface area contributed by atoms with Crippen LogP contribution in [0.25, 0.3) is 0 Å². The number of carbonyl (C=O) groups excluding carboxylic acids is 1. The molecule has 0 unspecified atom stereocenters. The number of ether oxygens (including phenoxy) is 1. The van der Waals surface area contributed by atoms with Gasteiger partial charge in [-0.05, 0) is 31.0 Å². The molecule has 1 fully saturated rings. The van der Waals surface area contributed by atoms with Crippen LogP contribution in [0.1, 0.15) is 17.5 Å². The summed E-state index contributed by atoms with van der Waals surface area (Å²) >= 11 is 0. The van der Waals surface area contributed by atoms with E-state index in [0.717, 1.165) is 44.0 Å². The highest BCUT2D eigenvalue weighted by molar-refractivity contribution is 7.92. The van der Waals surface area contributed by atoms with Crippen molar-refractivity contribution < 1.29 is 17.9 Å². The number of hydrogen-bond donors (Lipinski definition) is 1. The molecule has 1 amide bonds. The number of sulfonamides is 1. The van der Waals surface area contributed by atoms with Crippen LogP contribution in [0.5, 0.6) is 0 Å². The summed E-state index contributed by atoms with van der Waals surface area (Å²) in [6, 6.07) is 5.68. The van der Waals surface area contributed by atoms with Crippen molar-refractivity contribution in [3.05, 3.63) is 29.3 Å². The van der Waals surface area contributed by atoms with Crippen molar-refractivity contribution in [2.24, 2.45) is 0 Å². The molecule has 0 spiro atoms. The summed E-state index contributed by atoms with van der Waals surface area (Å²) in [6.07, 6.45) is 1.30. The average molecular weight is 384 g/mol. The number of hydrogen-bond acceptors (Lipinski definition) is 5. The first-order valence-electron chi connectivity index (χ1n) is 8.89. The van der Waals surface area contributed by atoms with Crippen LogP contribution >= 0.6 is 0 Å². The van der Waals surface area contributed by atoms with Crippen LogP contribution < -0.4 is 9.62 Å². The fraction of sp³-hybridized carbons (Fsp3) is 0.611. The highest BCUT2D eigenvalue weighted by Gasteiger charge is 2.20. The molecule has 2 rings (SSSR count). The molecule has 0 aliphatic carbocycles. The molecule has 8 heteroatoms. The highest BCUT2D eigenvalue weighted by atomic mass is 32.2. The van der Waals surface area contributed by atoms with Gasteiger partial charge in [-0.3, -0.25) is 14.0 Å². The summed E-state index contributed by atoms with van der Waals surface area (Å²) in [5.74, 6) is -0.141. The van der Waals surface area contributed by atoms with E-state index >= 15 is 0 Å². The van der Waals surface area contributed by atoms with Gasteiger partial charge in [0, 0.05) is 39.1 Å². The fourth-order valence-corrected chi connectivity index (χ4v) is 3.90. The molecule has 0 bridgehead atoms. The number of nitrogens with zero attached hydrogens (tertiary/aromatic N) is 2. The van der Waals surface area contributed by atoms with Crippen molar-refractivity contribution >= 4 is 21.6 Å². The maximum Gasteiger partial charge on any atom is 0.232 e. The minimum Gasteiger partial charge on any atom is -0.379 e. The van der Waals surface area contributed by atoms with Gasteiger partial charge in [-0.25, -0.2) is 8.42 Å². The van der Waals surface area contributed by atoms with Gasteiger partial charge < -0.3 is 10.1 Å². The SMILES string of the molecule is Cc1ccc(C)c(N(CCC(=O)NCCN2CCOCC2)S(C)(=O)=O)c1. The Labute approximate surface area is 156 Å². The Kier molecular flexibility index (Phi) is 7.43. The van der Waals surface area contributed by atoms with E-state index in [9.17, 15) is 13.2 Å². The molecule has 1 aromatic rings. The van der Waals surface area contributed by atoms with Crippen LogP contribution in [-0.4, -0.2) is 71.4 Å². The van der Waals surface area contributed by atoms with Crippen LogP contribution in [0.15, 0.2) is 18.2 Å². The fourth-order valence-electron chi connectivity index (χ4n) is 2.92. The van der Waals surface area contributed by atoms with Gasteiger partial charge in [0.25, 0.3) is 0 Å². The monoisotopic (exact) mass is 383 g/mol. The second kappa shape index (κ2) is 9.34. The molecule has 1 aliphatic rings. The number of nitrogens with one attached hydrogen (secondary N) is 1. The number of morpholine rings is 1. The smallest absolute Gasteiger partial charge is 0.232 e. The van der Waals surface area contributed by atoms with Gasteiger partial charge in [-0.2, -0.15) is 0 Å². The Bertz CT molecular complexity index is 715. The van der Waals surface area contributed by atoms with E-state index < -0.39 is 10.0 Å². The van der Waals surface area contributed by atoms with Crippen molar-refractivity contribution in [1.29, 1.82) is 0 Å². The van der Waals surface area contributed by atoms with E-state index in [1.54, 1.807) is 0 Å². The average Bonchev–Trinajstić information content (AvgIpc) is 2.58. The van der Waals surface area contributed by atoms with Crippen molar-refractivity contribution in [3.63, 3.8) is 0 Å². The summed E-state index contributed by atoms with van der Waals surface area (Å²) < 4.78 is 31.0. The van der Waals surface area contributed by atoms with Gasteiger partial charge in [0.05, 0.1) is 25.2 Å². The lowest BCUT2D eigenvalue weighted by atomic mass is 10.1. The summed E-state index contributed by atoms with van der Waals surface area (Å²) in [7, 11) is -3.46. The minimum absolute atomic E-state index is 0.129. The van der Waals surface area contributed by atoms with Crippen molar-refractivity contribution in [2.45, 2.75) is 20.3 Å². The molecule has 0 aromatic heterocycles. The molecule has 1 aliphatic heterocycles. The molecular formula is C18H29N3O4S. The number of rotatable bonds is 8. The van der Waals surface area contributed by atoms with Crippen LogP contribution in [0, 0.1) is 13.8 Å². The first-order valence-corrected chi connectivity index (χ1v) is 10.7. The van der Waals surface area contributed by atoms with Gasteiger partial charge in [-0.15, -0.1) is 0 Å². The third-order valence-corrected chi connectivity index (χ3v) is 5.61. The van der Waals surface area contributed by atoms with E-state index in [1.165, 1.54) is 10.6 Å². The van der Waals surface area contributed by atoms with E-state index in [-0.39, 0.29) is 18.9 Å². The zero-order valence-electron chi connectivity index (χ0n) is 15.8. The summed E-state index contributed by atoms with van der Waals surface area (Å²) in [6.45, 7) is 8.47. The quantitative estimate of drug-likeness (QED) is 0.722. The lowest BCUT2D eigenvalue weighted by Gasteiger charge is -2.26. The normalized spacial score (nSPS) is 15.7. The molecule has 0 atom stereocenters. The van der Waals surface area contributed by atoms with E-state index in [0.29, 0.717) is 12.2 Å². The Morgan fingerprint density at radius 3 is 2.62 bits per heavy atom. The predicted octanol–water partition coefficient (Wildman–Crippen LogP) is 0.908. The molecule has 7 nitrogen and oxygen atoms in total. The van der Waals surface area contributed by atoms with Gasteiger partial charge in [0.1, 0.15) is 0 Å². The molecular weight excluding hydrogens is 354 g/mol. The molecule has 1 N–H and O–H groups in total. The summed E-state index contributed by atoms with van der Waals surface area (Å²) in [4.78, 5) is 14.4. The minimum atomic E-state index is -3.46. The van der Waals surface area contributed by atoms with Crippen LogP contribution in [0.4, 0.5) is 5.69 Å². The van der Waals surface area contributed by atoms with Gasteiger partial charge in [0.2, 0.25) is 15.9 Å². The van der Waals surface area contributed by atoms with Gasteiger partial charge in [-0.1, -0.05) is 12.1 Å². The number of aryl methyl sites for hydroxylation is 2. The molecule has 1 saturated heterocycles. The summed E-state index contributed by atoms with van der Waals surface area (Å²) in [5.41, 5.74) is 2.48. The molecule has 26 heavy (non-hydrogen) atoms. The van der Waals surface area contributed by atoms with Crippen molar-refractivity contribution in [2.75, 3.05) is 56.5 Å². The third-order valence-electron chi connectivity index (χ3n) is 4.43. The molecule has 1 heterocycles. The Morgan fingerprint density at radius 2 is 1.96 bits per heavy atom. The second-order valence-corrected chi connectivity index (χ2v) is 8.59. The van der Waals surface area contributed by atoms with Gasteiger partial charge >= 0.3 is 0 Å². The number of amides is 1. The predicted molar refractivity (Wildman–Crippen MR) is 103 cm³/mol. The Morgan fingerprint density at radius 1 is 1.27 bits per heavy atom.